The molecule has 0 radical (unpaired) electrons. The number of hydrogen-bond donors (Lipinski definition) is 0. The first-order valence-corrected chi connectivity index (χ1v) is 2.60. The van der Waals surface area contributed by atoms with Crippen LogP contribution in [0.5, 0.6) is 0 Å². The highest BCUT2D eigenvalue weighted by atomic mass is 127. The summed E-state index contributed by atoms with van der Waals surface area (Å²) in [6.07, 6.45) is 0. The molecule has 0 bridgehead atoms. The van der Waals surface area contributed by atoms with E-state index in [0.717, 1.165) is 6.54 Å². The maximum Gasteiger partial charge on any atom is 0.0198 e. The summed E-state index contributed by atoms with van der Waals surface area (Å²) in [7, 11) is 2.04. The van der Waals surface area contributed by atoms with Gasteiger partial charge in [0.05, 0.1) is 0 Å². The van der Waals surface area contributed by atoms with Gasteiger partial charge in [-0.25, -0.2) is 0 Å². The first-order chi connectivity index (χ1) is 2.27. The Labute approximate surface area is 46.8 Å². The average molecular weight is 185 g/mol. The topological polar surface area (TPSA) is 3.24 Å². The van der Waals surface area contributed by atoms with Crippen molar-refractivity contribution in [3.63, 3.8) is 0 Å². The van der Waals surface area contributed by atoms with Crippen molar-refractivity contribution in [2.75, 3.05) is 13.6 Å². The number of rotatable bonds is 1. The van der Waals surface area contributed by atoms with Crippen molar-refractivity contribution in [1.29, 1.82) is 0 Å². The molecular weight excluding hydrogens is 177 g/mol. The summed E-state index contributed by atoms with van der Waals surface area (Å²) in [6.45, 7) is 3.24. The quantitative estimate of drug-likeness (QED) is 0.439. The van der Waals surface area contributed by atoms with Gasteiger partial charge in [0.1, 0.15) is 0 Å². The van der Waals surface area contributed by atoms with Crippen LogP contribution in [0.1, 0.15) is 6.92 Å². The van der Waals surface area contributed by atoms with Gasteiger partial charge in [-0.05, 0) is 7.05 Å². The van der Waals surface area contributed by atoms with Crippen molar-refractivity contribution in [3.05, 3.63) is 0 Å². The predicted molar refractivity (Wildman–Crippen MR) is 32.3 cm³/mol. The molecule has 0 aromatic carbocycles. The Hall–Kier alpha value is 0.690. The zero-order chi connectivity index (χ0) is 4.28. The average Bonchev–Trinajstić information content (AvgIpc) is 1.38. The van der Waals surface area contributed by atoms with E-state index in [1.54, 1.807) is 0 Å². The fourth-order valence-electron chi connectivity index (χ4n) is 0. The van der Waals surface area contributed by atoms with Crippen LogP contribution in [0.4, 0.5) is 0 Å². The maximum atomic E-state index is 2.24. The normalized spacial score (nSPS) is 9.60. The summed E-state index contributed by atoms with van der Waals surface area (Å²) in [4.78, 5) is 0. The molecule has 0 aliphatic carbocycles. The summed E-state index contributed by atoms with van der Waals surface area (Å²) in [6, 6.07) is 0. The molecule has 0 unspecified atom stereocenters. The number of halogens is 1. The molecule has 2 heteroatoms. The standard InChI is InChI=1S/C3H8IN/c1-3-5(2)4/h3H2,1-2H3. The van der Waals surface area contributed by atoms with E-state index < -0.39 is 0 Å². The predicted octanol–water partition coefficient (Wildman–Crippen LogP) is 1.29. The van der Waals surface area contributed by atoms with Crippen LogP contribution in [0.3, 0.4) is 0 Å². The molecule has 0 rings (SSSR count). The van der Waals surface area contributed by atoms with Crippen LogP contribution in [0, 0.1) is 0 Å². The van der Waals surface area contributed by atoms with Crippen molar-refractivity contribution < 1.29 is 0 Å². The Balaban J connectivity index is 2.54. The second kappa shape index (κ2) is 2.90. The van der Waals surface area contributed by atoms with Crippen LogP contribution in [0.25, 0.3) is 0 Å². The van der Waals surface area contributed by atoms with Gasteiger partial charge in [0, 0.05) is 29.4 Å². The van der Waals surface area contributed by atoms with Crippen LogP contribution < -0.4 is 0 Å². The van der Waals surface area contributed by atoms with E-state index in [9.17, 15) is 0 Å². The van der Waals surface area contributed by atoms with Crippen LogP contribution in [0.2, 0.25) is 0 Å². The minimum Gasteiger partial charge on any atom is -0.251 e. The van der Waals surface area contributed by atoms with E-state index in [2.05, 4.69) is 32.9 Å². The molecule has 0 atom stereocenters. The lowest BCUT2D eigenvalue weighted by Gasteiger charge is -1.96. The largest absolute Gasteiger partial charge is 0.251 e. The molecule has 0 aliphatic rings. The molecule has 0 aromatic heterocycles. The minimum absolute atomic E-state index is 1.13. The lowest BCUT2D eigenvalue weighted by atomic mass is 10.8. The lowest BCUT2D eigenvalue weighted by Crippen LogP contribution is -1.99. The summed E-state index contributed by atoms with van der Waals surface area (Å²) in [5, 5.41) is 0. The Morgan fingerprint density at radius 3 is 2.00 bits per heavy atom. The Kier molecular flexibility index (Phi) is 3.30. The summed E-state index contributed by atoms with van der Waals surface area (Å²) >= 11 is 2.24. The minimum atomic E-state index is 1.13. The Morgan fingerprint density at radius 1 is 1.80 bits per heavy atom. The molecular formula is C3H8IN. The fourth-order valence-corrected chi connectivity index (χ4v) is 0. The molecule has 0 heterocycles. The van der Waals surface area contributed by atoms with Gasteiger partial charge in [-0.2, -0.15) is 0 Å². The third-order valence-corrected chi connectivity index (χ3v) is 1.12. The van der Waals surface area contributed by atoms with Gasteiger partial charge in [0.2, 0.25) is 0 Å². The van der Waals surface area contributed by atoms with E-state index >= 15 is 0 Å². The van der Waals surface area contributed by atoms with Gasteiger partial charge in [-0.15, -0.1) is 0 Å². The third kappa shape index (κ3) is 4.69. The number of hydrogen-bond acceptors (Lipinski definition) is 1. The van der Waals surface area contributed by atoms with Gasteiger partial charge in [0.15, 0.2) is 0 Å². The van der Waals surface area contributed by atoms with Crippen molar-refractivity contribution in [1.82, 2.24) is 3.11 Å². The first-order valence-electron chi connectivity index (χ1n) is 1.64. The molecule has 0 aliphatic heterocycles. The van der Waals surface area contributed by atoms with Crippen molar-refractivity contribution >= 4 is 22.9 Å². The maximum absolute atomic E-state index is 2.24. The molecule has 1 nitrogen and oxygen atoms in total. The molecule has 0 spiro atoms. The van der Waals surface area contributed by atoms with E-state index in [1.165, 1.54) is 0 Å². The summed E-state index contributed by atoms with van der Waals surface area (Å²) in [5.74, 6) is 0. The molecule has 0 saturated heterocycles. The van der Waals surface area contributed by atoms with Crippen LogP contribution in [0.15, 0.2) is 0 Å². The van der Waals surface area contributed by atoms with E-state index in [4.69, 9.17) is 0 Å². The molecule has 32 valence electrons. The van der Waals surface area contributed by atoms with Gasteiger partial charge < -0.3 is 0 Å². The van der Waals surface area contributed by atoms with Gasteiger partial charge in [0.25, 0.3) is 0 Å². The highest BCUT2D eigenvalue weighted by molar-refractivity contribution is 14.1. The smallest absolute Gasteiger partial charge is 0.0198 e. The second-order valence-corrected chi connectivity index (χ2v) is 2.57. The molecule has 0 fully saturated rings. The Morgan fingerprint density at radius 2 is 2.00 bits per heavy atom. The SMILES string of the molecule is CCN(C)I. The Bertz CT molecular complexity index is 20.9. The van der Waals surface area contributed by atoms with Gasteiger partial charge in [-0.1, -0.05) is 6.92 Å². The monoisotopic (exact) mass is 185 g/mol. The molecule has 5 heavy (non-hydrogen) atoms. The highest BCUT2D eigenvalue weighted by Crippen LogP contribution is 1.86. The first kappa shape index (κ1) is 5.69. The molecule has 0 saturated carbocycles. The van der Waals surface area contributed by atoms with Crippen molar-refractivity contribution in [3.8, 4) is 0 Å². The summed E-state index contributed by atoms with van der Waals surface area (Å²) in [5.41, 5.74) is 0. The van der Waals surface area contributed by atoms with E-state index in [-0.39, 0.29) is 0 Å². The van der Waals surface area contributed by atoms with Crippen molar-refractivity contribution in [2.45, 2.75) is 6.92 Å². The van der Waals surface area contributed by atoms with E-state index in [1.807, 2.05) is 7.05 Å². The lowest BCUT2D eigenvalue weighted by molar-refractivity contribution is 0.650. The fraction of sp³-hybridized carbons (Fsp3) is 1.00. The van der Waals surface area contributed by atoms with Crippen LogP contribution in [-0.4, -0.2) is 16.7 Å². The third-order valence-electron chi connectivity index (χ3n) is 0.436. The zero-order valence-corrected chi connectivity index (χ0v) is 5.69. The van der Waals surface area contributed by atoms with Crippen molar-refractivity contribution in [2.24, 2.45) is 0 Å². The van der Waals surface area contributed by atoms with Crippen LogP contribution in [-0.2, 0) is 0 Å². The second-order valence-electron chi connectivity index (χ2n) is 0.921. The zero-order valence-electron chi connectivity index (χ0n) is 3.53. The molecule has 0 amide bonds. The number of nitrogens with zero attached hydrogens (tertiary/aromatic N) is 1. The van der Waals surface area contributed by atoms with Gasteiger partial charge in [-0.3, -0.25) is 3.11 Å². The molecule has 0 N–H and O–H groups in total. The highest BCUT2D eigenvalue weighted by Gasteiger charge is 1.75. The van der Waals surface area contributed by atoms with Crippen LogP contribution >= 0.6 is 22.9 Å². The summed E-state index contributed by atoms with van der Waals surface area (Å²) < 4.78 is 2.09. The molecule has 0 aromatic rings. The van der Waals surface area contributed by atoms with E-state index in [0.29, 0.717) is 0 Å². The van der Waals surface area contributed by atoms with Gasteiger partial charge >= 0.3 is 0 Å².